The zero-order chi connectivity index (χ0) is 22.0. The summed E-state index contributed by atoms with van der Waals surface area (Å²) in [5.41, 5.74) is -0.322. The van der Waals surface area contributed by atoms with Gasteiger partial charge in [-0.3, -0.25) is 14.5 Å². The third-order valence-corrected chi connectivity index (χ3v) is 6.33. The number of halogens is 1. The van der Waals surface area contributed by atoms with Crippen molar-refractivity contribution in [1.82, 2.24) is 20.4 Å². The van der Waals surface area contributed by atoms with Gasteiger partial charge >= 0.3 is 12.0 Å². The van der Waals surface area contributed by atoms with E-state index < -0.39 is 24.1 Å². The lowest BCUT2D eigenvalue weighted by Crippen LogP contribution is -2.49. The standard InChI is InChI=1S/C21H23ClN4O5/c1-2-13-7-9-21(10-8-13)19(28)26(20(29)24-21)11-17(27)30-12-16-23-18(31-25-16)14-5-3-4-6-15(14)22/h3-6,13H,2,7-12H2,1H3,(H,24,29). The highest BCUT2D eigenvalue weighted by Gasteiger charge is 2.52. The van der Waals surface area contributed by atoms with E-state index in [0.717, 1.165) is 24.2 Å². The van der Waals surface area contributed by atoms with Crippen molar-refractivity contribution in [3.05, 3.63) is 35.1 Å². The maximum Gasteiger partial charge on any atom is 0.326 e. The molecular weight excluding hydrogens is 424 g/mol. The largest absolute Gasteiger partial charge is 0.456 e. The molecule has 9 nitrogen and oxygen atoms in total. The molecule has 1 aliphatic carbocycles. The highest BCUT2D eigenvalue weighted by Crippen LogP contribution is 2.37. The molecule has 1 N–H and O–H groups in total. The van der Waals surface area contributed by atoms with Gasteiger partial charge in [0.05, 0.1) is 10.6 Å². The van der Waals surface area contributed by atoms with Crippen LogP contribution in [0.1, 0.15) is 44.9 Å². The van der Waals surface area contributed by atoms with E-state index in [1.54, 1.807) is 24.3 Å². The fourth-order valence-corrected chi connectivity index (χ4v) is 4.33. The van der Waals surface area contributed by atoms with Gasteiger partial charge in [-0.1, -0.05) is 42.2 Å². The second kappa shape index (κ2) is 8.66. The molecule has 1 aromatic carbocycles. The van der Waals surface area contributed by atoms with Crippen LogP contribution in [-0.4, -0.2) is 45.0 Å². The molecule has 2 aromatic rings. The van der Waals surface area contributed by atoms with Crippen LogP contribution in [0.25, 0.3) is 11.5 Å². The summed E-state index contributed by atoms with van der Waals surface area (Å²) >= 11 is 6.11. The first-order valence-electron chi connectivity index (χ1n) is 10.3. The van der Waals surface area contributed by atoms with Gasteiger partial charge in [0.2, 0.25) is 5.82 Å². The zero-order valence-corrected chi connectivity index (χ0v) is 17.9. The summed E-state index contributed by atoms with van der Waals surface area (Å²) in [4.78, 5) is 42.6. The summed E-state index contributed by atoms with van der Waals surface area (Å²) in [6.07, 6.45) is 4.01. The van der Waals surface area contributed by atoms with Crippen molar-refractivity contribution in [2.24, 2.45) is 5.92 Å². The Morgan fingerprint density at radius 1 is 1.32 bits per heavy atom. The number of rotatable bonds is 6. The van der Waals surface area contributed by atoms with E-state index in [-0.39, 0.29) is 24.2 Å². The van der Waals surface area contributed by atoms with Crippen LogP contribution in [-0.2, 0) is 20.9 Å². The van der Waals surface area contributed by atoms with Gasteiger partial charge in [-0.25, -0.2) is 4.79 Å². The van der Waals surface area contributed by atoms with Gasteiger partial charge in [0, 0.05) is 0 Å². The summed E-state index contributed by atoms with van der Waals surface area (Å²) < 4.78 is 10.3. The van der Waals surface area contributed by atoms with Gasteiger partial charge in [0.25, 0.3) is 11.8 Å². The first kappa shape index (κ1) is 21.3. The molecule has 1 saturated heterocycles. The van der Waals surface area contributed by atoms with Gasteiger partial charge < -0.3 is 14.6 Å². The Bertz CT molecular complexity index is 999. The van der Waals surface area contributed by atoms with E-state index in [4.69, 9.17) is 20.9 Å². The van der Waals surface area contributed by atoms with Crippen molar-refractivity contribution < 1.29 is 23.6 Å². The summed E-state index contributed by atoms with van der Waals surface area (Å²) in [5.74, 6) is -0.165. The second-order valence-electron chi connectivity index (χ2n) is 7.91. The topological polar surface area (TPSA) is 115 Å². The lowest BCUT2D eigenvalue weighted by Gasteiger charge is -2.34. The van der Waals surface area contributed by atoms with Crippen molar-refractivity contribution in [1.29, 1.82) is 0 Å². The van der Waals surface area contributed by atoms with E-state index >= 15 is 0 Å². The van der Waals surface area contributed by atoms with Crippen LogP contribution in [0.4, 0.5) is 4.79 Å². The molecule has 0 unspecified atom stereocenters. The average molecular weight is 447 g/mol. The number of carbonyl (C=O) groups excluding carboxylic acids is 3. The Kier molecular flexibility index (Phi) is 5.95. The quantitative estimate of drug-likeness (QED) is 0.534. The fourth-order valence-electron chi connectivity index (χ4n) is 4.11. The van der Waals surface area contributed by atoms with Crippen molar-refractivity contribution in [2.75, 3.05) is 6.54 Å². The predicted molar refractivity (Wildman–Crippen MR) is 110 cm³/mol. The first-order chi connectivity index (χ1) is 14.9. The molecule has 1 aromatic heterocycles. The smallest absolute Gasteiger partial charge is 0.326 e. The minimum atomic E-state index is -0.888. The average Bonchev–Trinajstić information content (AvgIpc) is 3.32. The molecule has 2 aliphatic rings. The molecule has 0 bridgehead atoms. The Hall–Kier alpha value is -2.94. The van der Waals surface area contributed by atoms with Crippen molar-refractivity contribution in [3.8, 4) is 11.5 Å². The number of hydrogen-bond acceptors (Lipinski definition) is 7. The highest BCUT2D eigenvalue weighted by molar-refractivity contribution is 6.33. The molecule has 3 amide bonds. The lowest BCUT2D eigenvalue weighted by atomic mass is 9.75. The number of esters is 1. The fraction of sp³-hybridized carbons (Fsp3) is 0.476. The number of imide groups is 1. The van der Waals surface area contributed by atoms with Crippen LogP contribution in [0.5, 0.6) is 0 Å². The molecule has 164 valence electrons. The van der Waals surface area contributed by atoms with Crippen LogP contribution in [0.3, 0.4) is 0 Å². The minimum Gasteiger partial charge on any atom is -0.456 e. The Morgan fingerprint density at radius 2 is 2.06 bits per heavy atom. The van der Waals surface area contributed by atoms with Gasteiger partial charge in [-0.05, 0) is 43.7 Å². The summed E-state index contributed by atoms with van der Waals surface area (Å²) in [6.45, 7) is 1.42. The Labute approximate surface area is 184 Å². The number of aromatic nitrogens is 2. The number of nitrogens with zero attached hydrogens (tertiary/aromatic N) is 3. The van der Waals surface area contributed by atoms with Gasteiger partial charge in [0.1, 0.15) is 12.1 Å². The predicted octanol–water partition coefficient (Wildman–Crippen LogP) is 3.32. The number of amides is 3. The van der Waals surface area contributed by atoms with Crippen LogP contribution in [0, 0.1) is 5.92 Å². The monoisotopic (exact) mass is 446 g/mol. The number of carbonyl (C=O) groups is 3. The van der Waals surface area contributed by atoms with Gasteiger partial charge in [-0.2, -0.15) is 4.98 Å². The molecule has 1 aliphatic heterocycles. The summed E-state index contributed by atoms with van der Waals surface area (Å²) in [6, 6.07) is 6.43. The summed E-state index contributed by atoms with van der Waals surface area (Å²) in [7, 11) is 0. The number of ether oxygens (including phenoxy) is 1. The number of benzene rings is 1. The number of nitrogens with one attached hydrogen (secondary N) is 1. The molecule has 1 saturated carbocycles. The van der Waals surface area contributed by atoms with E-state index in [1.165, 1.54) is 0 Å². The Morgan fingerprint density at radius 3 is 2.77 bits per heavy atom. The normalized spacial score (nSPS) is 23.3. The molecule has 0 radical (unpaired) electrons. The summed E-state index contributed by atoms with van der Waals surface area (Å²) in [5, 5.41) is 7.02. The maximum absolute atomic E-state index is 12.9. The molecule has 31 heavy (non-hydrogen) atoms. The van der Waals surface area contributed by atoms with E-state index in [0.29, 0.717) is 29.3 Å². The van der Waals surface area contributed by atoms with E-state index in [2.05, 4.69) is 22.4 Å². The molecule has 2 fully saturated rings. The minimum absolute atomic E-state index is 0.148. The lowest BCUT2D eigenvalue weighted by molar-refractivity contribution is -0.149. The van der Waals surface area contributed by atoms with Crippen molar-refractivity contribution in [3.63, 3.8) is 0 Å². The van der Waals surface area contributed by atoms with Gasteiger partial charge in [-0.15, -0.1) is 0 Å². The SMILES string of the molecule is CCC1CCC2(CC1)NC(=O)N(CC(=O)OCc1noc(-c3ccccc3Cl)n1)C2=O. The first-order valence-corrected chi connectivity index (χ1v) is 10.7. The van der Waals surface area contributed by atoms with Crippen LogP contribution in [0.2, 0.25) is 5.02 Å². The van der Waals surface area contributed by atoms with Crippen molar-refractivity contribution >= 4 is 29.5 Å². The number of hydrogen-bond donors (Lipinski definition) is 1. The molecule has 1 spiro atoms. The third-order valence-electron chi connectivity index (χ3n) is 6.00. The highest BCUT2D eigenvalue weighted by atomic mass is 35.5. The molecular formula is C21H23ClN4O5. The van der Waals surface area contributed by atoms with E-state index in [9.17, 15) is 14.4 Å². The van der Waals surface area contributed by atoms with Crippen LogP contribution < -0.4 is 5.32 Å². The maximum atomic E-state index is 12.9. The van der Waals surface area contributed by atoms with Crippen LogP contribution >= 0.6 is 11.6 Å². The third kappa shape index (κ3) is 4.27. The second-order valence-corrected chi connectivity index (χ2v) is 8.32. The van der Waals surface area contributed by atoms with Gasteiger partial charge in [0.15, 0.2) is 6.61 Å². The molecule has 10 heteroatoms. The number of urea groups is 1. The molecule has 2 heterocycles. The molecule has 0 atom stereocenters. The van der Waals surface area contributed by atoms with Crippen LogP contribution in [0.15, 0.2) is 28.8 Å². The molecule has 4 rings (SSSR count). The Balaban J connectivity index is 1.33. The van der Waals surface area contributed by atoms with E-state index in [1.807, 2.05) is 0 Å². The zero-order valence-electron chi connectivity index (χ0n) is 17.1. The van der Waals surface area contributed by atoms with Crippen molar-refractivity contribution in [2.45, 2.75) is 51.2 Å².